The zero-order valence-corrected chi connectivity index (χ0v) is 25.8. The van der Waals surface area contributed by atoms with E-state index in [2.05, 4.69) is 5.32 Å². The molecule has 0 bridgehead atoms. The Hall–Kier alpha value is -3.57. The quantitative estimate of drug-likeness (QED) is 0.214. The molecule has 3 aromatic rings. The fourth-order valence-electron chi connectivity index (χ4n) is 4.90. The molecule has 12 heteroatoms. The lowest BCUT2D eigenvalue weighted by Crippen LogP contribution is -2.33. The lowest BCUT2D eigenvalue weighted by Gasteiger charge is -2.24. The molecule has 1 amide bonds. The van der Waals surface area contributed by atoms with E-state index in [0.717, 1.165) is 4.90 Å². The molecule has 0 unspecified atom stereocenters. The Morgan fingerprint density at radius 2 is 1.77 bits per heavy atom. The van der Waals surface area contributed by atoms with Gasteiger partial charge in [0.2, 0.25) is 5.91 Å². The van der Waals surface area contributed by atoms with Crippen LogP contribution in [-0.4, -0.2) is 58.9 Å². The molecule has 234 valence electrons. The number of nitrogens with zero attached hydrogens (tertiary/aromatic N) is 3. The second-order valence-corrected chi connectivity index (χ2v) is 11.7. The summed E-state index contributed by atoms with van der Waals surface area (Å²) in [7, 11) is 2.98. The van der Waals surface area contributed by atoms with Crippen molar-refractivity contribution >= 4 is 29.0 Å². The molecule has 0 radical (unpaired) electrons. The molecule has 0 aliphatic heterocycles. The molecule has 0 aliphatic rings. The van der Waals surface area contributed by atoms with Crippen LogP contribution in [-0.2, 0) is 18.3 Å². The van der Waals surface area contributed by atoms with E-state index < -0.39 is 29.6 Å². The number of alkyl halides is 3. The van der Waals surface area contributed by atoms with Gasteiger partial charge in [-0.3, -0.25) is 24.0 Å². The van der Waals surface area contributed by atoms with Gasteiger partial charge in [-0.05, 0) is 56.1 Å². The van der Waals surface area contributed by atoms with Crippen LogP contribution in [0.15, 0.2) is 53.3 Å². The van der Waals surface area contributed by atoms with Crippen LogP contribution < -0.4 is 15.6 Å². The normalized spacial score (nSPS) is 12.0. The summed E-state index contributed by atoms with van der Waals surface area (Å²) in [6, 6.07) is 13.6. The fourth-order valence-corrected chi connectivity index (χ4v) is 5.07. The van der Waals surface area contributed by atoms with Crippen molar-refractivity contribution in [2.24, 2.45) is 12.5 Å². The molecule has 0 saturated heterocycles. The van der Waals surface area contributed by atoms with Crippen molar-refractivity contribution in [3.05, 3.63) is 75.2 Å². The Morgan fingerprint density at radius 1 is 1.09 bits per heavy atom. The van der Waals surface area contributed by atoms with Crippen LogP contribution in [0.1, 0.15) is 56.1 Å². The Labute approximate surface area is 254 Å². The van der Waals surface area contributed by atoms with Crippen molar-refractivity contribution < 1.29 is 27.5 Å². The highest BCUT2D eigenvalue weighted by Crippen LogP contribution is 2.31. The van der Waals surface area contributed by atoms with E-state index in [0.29, 0.717) is 40.7 Å². The summed E-state index contributed by atoms with van der Waals surface area (Å²) >= 11 is 6.10. The molecular formula is C31H38ClF3N4O4. The summed E-state index contributed by atoms with van der Waals surface area (Å²) in [5, 5.41) is 3.15. The van der Waals surface area contributed by atoms with Gasteiger partial charge in [0.25, 0.3) is 5.56 Å². The van der Waals surface area contributed by atoms with Gasteiger partial charge in [-0.25, -0.2) is 4.68 Å². The second-order valence-electron chi connectivity index (χ2n) is 11.3. The lowest BCUT2D eigenvalue weighted by molar-refractivity contribution is -0.142. The number of carbonyl (C=O) groups is 2. The van der Waals surface area contributed by atoms with Gasteiger partial charge in [0, 0.05) is 37.9 Å². The number of likely N-dealkylation sites (N-methyl/N-ethyl adjacent to an activating group) is 1. The number of amides is 1. The van der Waals surface area contributed by atoms with Gasteiger partial charge in [-0.15, -0.1) is 0 Å². The second kappa shape index (κ2) is 14.3. The molecule has 0 saturated carbocycles. The number of nitrogens with one attached hydrogen (secondary N) is 1. The summed E-state index contributed by atoms with van der Waals surface area (Å²) in [5.41, 5.74) is 0.224. The minimum atomic E-state index is -4.36. The van der Waals surface area contributed by atoms with E-state index in [1.807, 2.05) is 20.8 Å². The highest BCUT2D eigenvalue weighted by molar-refractivity contribution is 6.31. The van der Waals surface area contributed by atoms with Gasteiger partial charge in [-0.2, -0.15) is 13.2 Å². The predicted molar refractivity (Wildman–Crippen MR) is 161 cm³/mol. The predicted octanol–water partition coefficient (Wildman–Crippen LogP) is 6.28. The highest BCUT2D eigenvalue weighted by Gasteiger charge is 2.30. The van der Waals surface area contributed by atoms with Crippen molar-refractivity contribution in [1.29, 1.82) is 0 Å². The molecule has 0 aliphatic carbocycles. The van der Waals surface area contributed by atoms with Gasteiger partial charge in [0.15, 0.2) is 5.78 Å². The first-order valence-electron chi connectivity index (χ1n) is 14.0. The number of carbonyl (C=O) groups excluding carboxylic acids is 2. The third-order valence-corrected chi connectivity index (χ3v) is 7.28. The van der Waals surface area contributed by atoms with E-state index in [9.17, 15) is 27.6 Å². The van der Waals surface area contributed by atoms with E-state index in [1.54, 1.807) is 60.3 Å². The molecule has 8 nitrogen and oxygen atoms in total. The average molecular weight is 623 g/mol. The van der Waals surface area contributed by atoms with Crippen LogP contribution in [0, 0.1) is 5.41 Å². The molecule has 1 N–H and O–H groups in total. The number of para-hydroxylation sites is 1. The summed E-state index contributed by atoms with van der Waals surface area (Å²) in [6.07, 6.45) is -3.76. The Balaban J connectivity index is 1.78. The standard InChI is InChI=1S/C31H38ClF3N4O4/c1-6-43-26-13-12-21(32)18-23(26)25(40)14-16-30(2,3)19-27(41)36-28-24(15-17-37(4)20-31(33,34)35)38(5)39(29(28)42)22-10-8-7-9-11-22/h7-13,18H,6,14-17,19-20H2,1-5H3,(H,36,41). The highest BCUT2D eigenvalue weighted by atomic mass is 35.5. The number of aromatic nitrogens is 2. The lowest BCUT2D eigenvalue weighted by atomic mass is 9.82. The van der Waals surface area contributed by atoms with Crippen molar-refractivity contribution in [1.82, 2.24) is 14.3 Å². The zero-order chi connectivity index (χ0) is 31.9. The summed E-state index contributed by atoms with van der Waals surface area (Å²) in [4.78, 5) is 41.0. The third-order valence-electron chi connectivity index (χ3n) is 7.04. The molecule has 0 fully saturated rings. The van der Waals surface area contributed by atoms with Crippen LogP contribution >= 0.6 is 11.6 Å². The number of anilines is 1. The van der Waals surface area contributed by atoms with Crippen molar-refractivity contribution in [2.75, 3.05) is 32.1 Å². The van der Waals surface area contributed by atoms with Gasteiger partial charge in [-0.1, -0.05) is 43.6 Å². The largest absolute Gasteiger partial charge is 0.493 e. The number of ether oxygens (including phenoxy) is 1. The zero-order valence-electron chi connectivity index (χ0n) is 25.1. The first kappa shape index (κ1) is 33.9. The number of benzene rings is 2. The topological polar surface area (TPSA) is 85.6 Å². The fraction of sp³-hybridized carbons (Fsp3) is 0.452. The van der Waals surface area contributed by atoms with Crippen LogP contribution in [0.3, 0.4) is 0 Å². The van der Waals surface area contributed by atoms with Crippen LogP contribution in [0.4, 0.5) is 18.9 Å². The number of ketones is 1. The maximum atomic E-state index is 13.5. The van der Waals surface area contributed by atoms with E-state index in [-0.39, 0.29) is 37.3 Å². The number of halogens is 4. The van der Waals surface area contributed by atoms with Gasteiger partial charge >= 0.3 is 6.18 Å². The van der Waals surface area contributed by atoms with E-state index in [1.165, 1.54) is 11.7 Å². The Kier molecular flexibility index (Phi) is 11.3. The van der Waals surface area contributed by atoms with Crippen LogP contribution in [0.25, 0.3) is 5.69 Å². The van der Waals surface area contributed by atoms with Crippen LogP contribution in [0.2, 0.25) is 5.02 Å². The van der Waals surface area contributed by atoms with Gasteiger partial charge in [0.1, 0.15) is 11.4 Å². The van der Waals surface area contributed by atoms with Crippen LogP contribution in [0.5, 0.6) is 5.75 Å². The smallest absolute Gasteiger partial charge is 0.401 e. The number of rotatable bonds is 14. The number of hydrogen-bond donors (Lipinski definition) is 1. The van der Waals surface area contributed by atoms with E-state index >= 15 is 0 Å². The molecule has 0 atom stereocenters. The minimum absolute atomic E-state index is 0.00122. The molecule has 1 aromatic heterocycles. The Morgan fingerprint density at radius 3 is 2.40 bits per heavy atom. The monoisotopic (exact) mass is 622 g/mol. The number of Topliss-reactive ketones (excluding diaryl/α,β-unsaturated/α-hetero) is 1. The number of hydrogen-bond acceptors (Lipinski definition) is 5. The maximum Gasteiger partial charge on any atom is 0.401 e. The first-order chi connectivity index (χ1) is 20.1. The molecule has 0 spiro atoms. The summed E-state index contributed by atoms with van der Waals surface area (Å²) in [6.45, 7) is 4.81. The van der Waals surface area contributed by atoms with Gasteiger partial charge < -0.3 is 10.1 Å². The van der Waals surface area contributed by atoms with Gasteiger partial charge in [0.05, 0.1) is 30.1 Å². The molecular weight excluding hydrogens is 585 g/mol. The van der Waals surface area contributed by atoms with Crippen molar-refractivity contribution in [2.45, 2.75) is 52.6 Å². The first-order valence-corrected chi connectivity index (χ1v) is 14.4. The van der Waals surface area contributed by atoms with Crippen molar-refractivity contribution in [3.8, 4) is 11.4 Å². The maximum absolute atomic E-state index is 13.5. The van der Waals surface area contributed by atoms with Crippen molar-refractivity contribution in [3.63, 3.8) is 0 Å². The summed E-state index contributed by atoms with van der Waals surface area (Å²) < 4.78 is 47.2. The third kappa shape index (κ3) is 9.46. The molecule has 43 heavy (non-hydrogen) atoms. The SMILES string of the molecule is CCOc1ccc(Cl)cc1C(=O)CCC(C)(C)CC(=O)Nc1c(CCN(C)CC(F)(F)F)n(C)n(-c2ccccc2)c1=O. The van der Waals surface area contributed by atoms with E-state index in [4.69, 9.17) is 16.3 Å². The summed E-state index contributed by atoms with van der Waals surface area (Å²) in [5.74, 6) is -0.166. The molecule has 3 rings (SSSR count). The molecule has 2 aromatic carbocycles. The Bertz CT molecular complexity index is 1480. The average Bonchev–Trinajstić information content (AvgIpc) is 3.14. The minimum Gasteiger partial charge on any atom is -0.493 e. The molecule has 1 heterocycles.